The minimum Gasteiger partial charge on any atom is -0.492 e. The number of nitrogens with one attached hydrogen (secondary N) is 1. The lowest BCUT2D eigenvalue weighted by Gasteiger charge is -2.19. The van der Waals surface area contributed by atoms with Crippen molar-refractivity contribution in [1.82, 2.24) is 4.31 Å². The van der Waals surface area contributed by atoms with Crippen LogP contribution in [0, 0.1) is 5.92 Å². The topological polar surface area (TPSA) is 75.7 Å². The molecule has 0 spiro atoms. The Morgan fingerprint density at radius 1 is 1.13 bits per heavy atom. The number of rotatable bonds is 11. The summed E-state index contributed by atoms with van der Waals surface area (Å²) in [6, 6.07) is 11.3. The molecule has 0 heterocycles. The Balaban J connectivity index is 2.22. The quantitative estimate of drug-likeness (QED) is 0.430. The van der Waals surface area contributed by atoms with Crippen molar-refractivity contribution in [3.05, 3.63) is 77.8 Å². The van der Waals surface area contributed by atoms with Crippen LogP contribution in [0.2, 0.25) is 0 Å². The number of nitrogens with zero attached hydrogens (tertiary/aromatic N) is 1. The Morgan fingerprint density at radius 2 is 1.74 bits per heavy atom. The van der Waals surface area contributed by atoms with Crippen molar-refractivity contribution < 1.29 is 17.9 Å². The summed E-state index contributed by atoms with van der Waals surface area (Å²) in [5.41, 5.74) is 0.854. The van der Waals surface area contributed by atoms with Crippen molar-refractivity contribution in [3.8, 4) is 5.75 Å². The van der Waals surface area contributed by atoms with Gasteiger partial charge in [0.2, 0.25) is 10.0 Å². The summed E-state index contributed by atoms with van der Waals surface area (Å²) in [5.74, 6) is 0.449. The minimum atomic E-state index is -3.70. The summed E-state index contributed by atoms with van der Waals surface area (Å²) >= 11 is 3.38. The summed E-state index contributed by atoms with van der Waals surface area (Å²) in [4.78, 5) is 13.0. The van der Waals surface area contributed by atoms with Crippen LogP contribution < -0.4 is 10.1 Å². The van der Waals surface area contributed by atoms with E-state index in [-0.39, 0.29) is 23.9 Å². The Hall–Kier alpha value is -2.42. The maximum absolute atomic E-state index is 12.8. The molecule has 1 amide bonds. The standard InChI is InChI=1S/C23H27BrN2O4S/c1-5-13-26(14-6-2)31(28,29)20-10-8-19(9-11-20)25-23(27)21-15-18(24)7-12-22(21)30-16-17(3)4/h5-12,15,17H,1-2,13-14,16H2,3-4H3,(H,25,27). The first-order chi connectivity index (χ1) is 14.7. The molecule has 0 unspecified atom stereocenters. The van der Waals surface area contributed by atoms with Crippen molar-refractivity contribution in [1.29, 1.82) is 0 Å². The fraction of sp³-hybridized carbons (Fsp3) is 0.261. The van der Waals surface area contributed by atoms with Crippen LogP contribution >= 0.6 is 15.9 Å². The fourth-order valence-corrected chi connectivity index (χ4v) is 4.42. The van der Waals surface area contributed by atoms with Crippen LogP contribution in [0.3, 0.4) is 0 Å². The van der Waals surface area contributed by atoms with Gasteiger partial charge in [-0.15, -0.1) is 13.2 Å². The van der Waals surface area contributed by atoms with Gasteiger partial charge in [-0.25, -0.2) is 8.42 Å². The van der Waals surface area contributed by atoms with Crippen LogP contribution in [0.1, 0.15) is 24.2 Å². The van der Waals surface area contributed by atoms with Gasteiger partial charge in [-0.3, -0.25) is 4.79 Å². The Kier molecular flexibility index (Phi) is 9.03. The highest BCUT2D eigenvalue weighted by Crippen LogP contribution is 2.25. The van der Waals surface area contributed by atoms with E-state index in [1.165, 1.54) is 28.6 Å². The molecular weight excluding hydrogens is 480 g/mol. The van der Waals surface area contributed by atoms with E-state index in [1.807, 2.05) is 19.9 Å². The number of hydrogen-bond acceptors (Lipinski definition) is 4. The van der Waals surface area contributed by atoms with Gasteiger partial charge in [0.25, 0.3) is 5.91 Å². The molecule has 166 valence electrons. The van der Waals surface area contributed by atoms with Gasteiger partial charge in [-0.05, 0) is 48.4 Å². The number of sulfonamides is 1. The van der Waals surface area contributed by atoms with Gasteiger partial charge >= 0.3 is 0 Å². The molecular formula is C23H27BrN2O4S. The highest BCUT2D eigenvalue weighted by Gasteiger charge is 2.22. The molecule has 0 bridgehead atoms. The highest BCUT2D eigenvalue weighted by molar-refractivity contribution is 9.10. The summed E-state index contributed by atoms with van der Waals surface area (Å²) < 4.78 is 33.4. The second-order valence-corrected chi connectivity index (χ2v) is 10.1. The molecule has 31 heavy (non-hydrogen) atoms. The smallest absolute Gasteiger partial charge is 0.259 e. The summed E-state index contributed by atoms with van der Waals surface area (Å²) in [6.45, 7) is 12.1. The molecule has 0 fully saturated rings. The number of carbonyl (C=O) groups excluding carboxylic acids is 1. The van der Waals surface area contributed by atoms with Crippen LogP contribution in [-0.4, -0.2) is 38.3 Å². The number of halogens is 1. The van der Waals surface area contributed by atoms with E-state index in [4.69, 9.17) is 4.74 Å². The van der Waals surface area contributed by atoms with Gasteiger partial charge in [-0.2, -0.15) is 4.31 Å². The molecule has 2 aromatic rings. The van der Waals surface area contributed by atoms with Gasteiger partial charge in [0.15, 0.2) is 0 Å². The molecule has 1 N–H and O–H groups in total. The fourth-order valence-electron chi connectivity index (χ4n) is 2.68. The molecule has 2 rings (SSSR count). The zero-order valence-corrected chi connectivity index (χ0v) is 20.1. The normalized spacial score (nSPS) is 11.4. The second kappa shape index (κ2) is 11.3. The van der Waals surface area contributed by atoms with E-state index >= 15 is 0 Å². The predicted molar refractivity (Wildman–Crippen MR) is 128 cm³/mol. The van der Waals surface area contributed by atoms with E-state index < -0.39 is 10.0 Å². The number of ether oxygens (including phenoxy) is 1. The SMILES string of the molecule is C=CCN(CC=C)S(=O)(=O)c1ccc(NC(=O)c2cc(Br)ccc2OCC(C)C)cc1. The maximum atomic E-state index is 12.8. The first-order valence-electron chi connectivity index (χ1n) is 9.74. The molecule has 0 atom stereocenters. The van der Waals surface area contributed by atoms with E-state index in [0.29, 0.717) is 29.5 Å². The molecule has 0 radical (unpaired) electrons. The van der Waals surface area contributed by atoms with Crippen LogP contribution in [0.25, 0.3) is 0 Å². The number of amides is 1. The van der Waals surface area contributed by atoms with Gasteiger partial charge in [0, 0.05) is 23.2 Å². The van der Waals surface area contributed by atoms with Crippen LogP contribution in [0.4, 0.5) is 5.69 Å². The minimum absolute atomic E-state index is 0.123. The molecule has 0 aliphatic rings. The van der Waals surface area contributed by atoms with E-state index in [1.54, 1.807) is 24.3 Å². The molecule has 8 heteroatoms. The van der Waals surface area contributed by atoms with Gasteiger partial charge in [0.05, 0.1) is 17.1 Å². The number of hydrogen-bond donors (Lipinski definition) is 1. The lowest BCUT2D eigenvalue weighted by molar-refractivity contribution is 0.102. The van der Waals surface area contributed by atoms with Crippen molar-refractivity contribution in [2.45, 2.75) is 18.7 Å². The lowest BCUT2D eigenvalue weighted by atomic mass is 10.1. The van der Waals surface area contributed by atoms with Crippen molar-refractivity contribution in [2.75, 3.05) is 25.0 Å². The summed E-state index contributed by atoms with van der Waals surface area (Å²) in [7, 11) is -3.70. The van der Waals surface area contributed by atoms with Gasteiger partial charge < -0.3 is 10.1 Å². The van der Waals surface area contributed by atoms with E-state index in [2.05, 4.69) is 34.4 Å². The van der Waals surface area contributed by atoms with Crippen LogP contribution in [0.15, 0.2) is 77.1 Å². The largest absolute Gasteiger partial charge is 0.492 e. The third kappa shape index (κ3) is 6.78. The second-order valence-electron chi connectivity index (χ2n) is 7.22. The third-order valence-corrected chi connectivity index (χ3v) is 6.51. The highest BCUT2D eigenvalue weighted by atomic mass is 79.9. The van der Waals surface area contributed by atoms with Gasteiger partial charge in [0.1, 0.15) is 5.75 Å². The van der Waals surface area contributed by atoms with Crippen molar-refractivity contribution in [3.63, 3.8) is 0 Å². The first kappa shape index (κ1) is 24.8. The molecule has 2 aromatic carbocycles. The molecule has 0 saturated carbocycles. The van der Waals surface area contributed by atoms with Crippen LogP contribution in [0.5, 0.6) is 5.75 Å². The van der Waals surface area contributed by atoms with Gasteiger partial charge in [-0.1, -0.05) is 41.9 Å². The summed E-state index contributed by atoms with van der Waals surface area (Å²) in [6.07, 6.45) is 3.04. The first-order valence-corrected chi connectivity index (χ1v) is 12.0. The predicted octanol–water partition coefficient (Wildman–Crippen LogP) is 5.10. The molecule has 0 saturated heterocycles. The zero-order chi connectivity index (χ0) is 23.0. The zero-order valence-electron chi connectivity index (χ0n) is 17.7. The monoisotopic (exact) mass is 506 g/mol. The van der Waals surface area contributed by atoms with Crippen LogP contribution in [-0.2, 0) is 10.0 Å². The number of benzene rings is 2. The average Bonchev–Trinajstić information content (AvgIpc) is 2.73. The molecule has 6 nitrogen and oxygen atoms in total. The number of carbonyl (C=O) groups is 1. The average molecular weight is 507 g/mol. The third-order valence-electron chi connectivity index (χ3n) is 4.17. The summed E-state index contributed by atoms with van der Waals surface area (Å²) in [5, 5.41) is 2.79. The van der Waals surface area contributed by atoms with Crippen molar-refractivity contribution >= 4 is 37.5 Å². The van der Waals surface area contributed by atoms with E-state index in [0.717, 1.165) is 4.47 Å². The Morgan fingerprint density at radius 3 is 2.29 bits per heavy atom. The molecule has 0 aliphatic heterocycles. The Bertz CT molecular complexity index is 1020. The molecule has 0 aromatic heterocycles. The Labute approximate surface area is 192 Å². The lowest BCUT2D eigenvalue weighted by Crippen LogP contribution is -2.31. The molecule has 0 aliphatic carbocycles. The number of anilines is 1. The van der Waals surface area contributed by atoms with Crippen molar-refractivity contribution in [2.24, 2.45) is 5.92 Å². The maximum Gasteiger partial charge on any atom is 0.259 e. The van der Waals surface area contributed by atoms with E-state index in [9.17, 15) is 13.2 Å².